The summed E-state index contributed by atoms with van der Waals surface area (Å²) in [4.78, 5) is 4.17. The summed E-state index contributed by atoms with van der Waals surface area (Å²) in [6, 6.07) is 2.90. The molecule has 0 fully saturated rings. The molecule has 0 saturated carbocycles. The van der Waals surface area contributed by atoms with Gasteiger partial charge in [-0.2, -0.15) is 0 Å². The summed E-state index contributed by atoms with van der Waals surface area (Å²) in [6.07, 6.45) is 1.76. The van der Waals surface area contributed by atoms with Crippen LogP contribution in [-0.2, 0) is 0 Å². The monoisotopic (exact) mass is 299 g/mol. The van der Waals surface area contributed by atoms with E-state index >= 15 is 0 Å². The predicted octanol–water partition coefficient (Wildman–Crippen LogP) is 2.67. The molecule has 1 aromatic heterocycles. The van der Waals surface area contributed by atoms with Crippen LogP contribution >= 0.6 is 15.9 Å². The van der Waals surface area contributed by atoms with Gasteiger partial charge in [0.1, 0.15) is 5.75 Å². The summed E-state index contributed by atoms with van der Waals surface area (Å²) >= 11 is 3.29. The second-order valence-electron chi connectivity index (χ2n) is 3.56. The van der Waals surface area contributed by atoms with Gasteiger partial charge in [0.25, 0.3) is 0 Å². The molecular weight excluding hydrogens is 289 g/mol. The molecule has 2 aromatic rings. The number of benzene rings is 1. The third-order valence-electron chi connectivity index (χ3n) is 2.36. The van der Waals surface area contributed by atoms with Crippen LogP contribution < -0.4 is 10.5 Å². The average molecular weight is 300 g/mol. The molecule has 1 heterocycles. The lowest BCUT2D eigenvalue weighted by Gasteiger charge is -2.10. The lowest BCUT2D eigenvalue weighted by molar-refractivity contribution is 0.411. The quantitative estimate of drug-likeness (QED) is 0.868. The van der Waals surface area contributed by atoms with E-state index < -0.39 is 5.82 Å². The van der Waals surface area contributed by atoms with Crippen molar-refractivity contribution >= 4 is 21.6 Å². The van der Waals surface area contributed by atoms with Crippen molar-refractivity contribution in [2.75, 3.05) is 12.8 Å². The number of aromatic nitrogens is 2. The largest absolute Gasteiger partial charge is 0.497 e. The first kappa shape index (κ1) is 11.9. The zero-order valence-electron chi connectivity index (χ0n) is 9.37. The van der Waals surface area contributed by atoms with Gasteiger partial charge in [-0.1, -0.05) is 0 Å². The van der Waals surface area contributed by atoms with E-state index in [1.54, 1.807) is 16.8 Å². The highest BCUT2D eigenvalue weighted by Gasteiger charge is 2.13. The van der Waals surface area contributed by atoms with Crippen molar-refractivity contribution in [2.24, 2.45) is 0 Å². The van der Waals surface area contributed by atoms with Crippen molar-refractivity contribution in [2.45, 2.75) is 6.92 Å². The molecule has 0 aliphatic rings. The van der Waals surface area contributed by atoms with Crippen LogP contribution in [0.5, 0.6) is 5.75 Å². The number of ether oxygens (including phenoxy) is 1. The Morgan fingerprint density at radius 3 is 2.71 bits per heavy atom. The SMILES string of the molecule is COc1cc(F)c(N)c(-n2cc(C)nc2Br)c1. The van der Waals surface area contributed by atoms with Crippen molar-refractivity contribution < 1.29 is 9.13 Å². The fraction of sp³-hybridized carbons (Fsp3) is 0.182. The van der Waals surface area contributed by atoms with E-state index in [1.807, 2.05) is 6.92 Å². The van der Waals surface area contributed by atoms with Crippen molar-refractivity contribution in [1.29, 1.82) is 0 Å². The first-order valence-corrected chi connectivity index (χ1v) is 5.67. The highest BCUT2D eigenvalue weighted by Crippen LogP contribution is 2.29. The molecule has 0 amide bonds. The number of imidazole rings is 1. The maximum absolute atomic E-state index is 13.6. The first-order chi connectivity index (χ1) is 8.02. The molecule has 0 spiro atoms. The van der Waals surface area contributed by atoms with Crippen molar-refractivity contribution in [1.82, 2.24) is 9.55 Å². The van der Waals surface area contributed by atoms with Crippen molar-refractivity contribution in [3.05, 3.63) is 34.6 Å². The lowest BCUT2D eigenvalue weighted by Crippen LogP contribution is -2.02. The van der Waals surface area contributed by atoms with E-state index in [0.29, 0.717) is 16.2 Å². The topological polar surface area (TPSA) is 53.1 Å². The summed E-state index contributed by atoms with van der Waals surface area (Å²) in [6.45, 7) is 1.84. The summed E-state index contributed by atoms with van der Waals surface area (Å²) < 4.78 is 20.8. The maximum Gasteiger partial charge on any atom is 0.182 e. The van der Waals surface area contributed by atoms with Gasteiger partial charge in [-0.3, -0.25) is 4.57 Å². The highest BCUT2D eigenvalue weighted by molar-refractivity contribution is 9.10. The molecule has 0 atom stereocenters. The van der Waals surface area contributed by atoms with Crippen LogP contribution in [0.1, 0.15) is 5.69 Å². The zero-order valence-corrected chi connectivity index (χ0v) is 11.0. The molecule has 0 bridgehead atoms. The van der Waals surface area contributed by atoms with Gasteiger partial charge in [0.2, 0.25) is 0 Å². The van der Waals surface area contributed by atoms with E-state index in [-0.39, 0.29) is 5.69 Å². The summed E-state index contributed by atoms with van der Waals surface area (Å²) in [5.74, 6) is -0.109. The molecular formula is C11H11BrFN3O. The minimum atomic E-state index is -0.516. The van der Waals surface area contributed by atoms with Gasteiger partial charge in [0.05, 0.1) is 24.2 Å². The van der Waals surface area contributed by atoms with Gasteiger partial charge >= 0.3 is 0 Å². The lowest BCUT2D eigenvalue weighted by atomic mass is 10.2. The molecule has 0 aliphatic heterocycles. The third kappa shape index (κ3) is 2.12. The normalized spacial score (nSPS) is 10.6. The van der Waals surface area contributed by atoms with Gasteiger partial charge < -0.3 is 10.5 Å². The van der Waals surface area contributed by atoms with E-state index in [0.717, 1.165) is 5.69 Å². The number of anilines is 1. The van der Waals surface area contributed by atoms with Crippen LogP contribution in [-0.4, -0.2) is 16.7 Å². The number of nitrogens with zero attached hydrogens (tertiary/aromatic N) is 2. The average Bonchev–Trinajstić information content (AvgIpc) is 2.61. The molecule has 6 heteroatoms. The molecule has 0 aliphatic carbocycles. The number of halogens is 2. The molecule has 4 nitrogen and oxygen atoms in total. The molecule has 0 radical (unpaired) electrons. The molecule has 2 N–H and O–H groups in total. The second-order valence-corrected chi connectivity index (χ2v) is 4.27. The molecule has 2 rings (SSSR count). The summed E-state index contributed by atoms with van der Waals surface area (Å²) in [5, 5.41) is 0. The van der Waals surface area contributed by atoms with Crippen LogP contribution in [0.4, 0.5) is 10.1 Å². The van der Waals surface area contributed by atoms with Gasteiger partial charge in [0.15, 0.2) is 10.6 Å². The zero-order chi connectivity index (χ0) is 12.6. The summed E-state index contributed by atoms with van der Waals surface area (Å²) in [5.41, 5.74) is 7.08. The highest BCUT2D eigenvalue weighted by atomic mass is 79.9. The van der Waals surface area contributed by atoms with Gasteiger partial charge in [-0.15, -0.1) is 0 Å². The Morgan fingerprint density at radius 2 is 2.18 bits per heavy atom. The van der Waals surface area contributed by atoms with Crippen LogP contribution in [0.15, 0.2) is 23.1 Å². The summed E-state index contributed by atoms with van der Waals surface area (Å²) in [7, 11) is 1.48. The molecule has 90 valence electrons. The Balaban J connectivity index is 2.66. The number of aryl methyl sites for hydroxylation is 1. The maximum atomic E-state index is 13.6. The fourth-order valence-corrected chi connectivity index (χ4v) is 2.11. The Labute approximate surface area is 106 Å². The standard InChI is InChI=1S/C11H11BrFN3O/c1-6-5-16(11(12)15-6)9-4-7(17-2)3-8(13)10(9)14/h3-5H,14H2,1-2H3. The number of rotatable bonds is 2. The molecule has 1 aromatic carbocycles. The van der Waals surface area contributed by atoms with Crippen LogP contribution in [0.3, 0.4) is 0 Å². The predicted molar refractivity (Wildman–Crippen MR) is 66.9 cm³/mol. The second kappa shape index (κ2) is 4.37. The third-order valence-corrected chi connectivity index (χ3v) is 2.92. The number of nitrogen functional groups attached to an aromatic ring is 1. The van der Waals surface area contributed by atoms with E-state index in [9.17, 15) is 4.39 Å². The Bertz CT molecular complexity index is 568. The van der Waals surface area contributed by atoms with E-state index in [4.69, 9.17) is 10.5 Å². The molecule has 0 saturated heterocycles. The van der Waals surface area contributed by atoms with Crippen LogP contribution in [0, 0.1) is 12.7 Å². The van der Waals surface area contributed by atoms with E-state index in [2.05, 4.69) is 20.9 Å². The van der Waals surface area contributed by atoms with Crippen LogP contribution in [0.25, 0.3) is 5.69 Å². The van der Waals surface area contributed by atoms with Crippen molar-refractivity contribution in [3.63, 3.8) is 0 Å². The van der Waals surface area contributed by atoms with E-state index in [1.165, 1.54) is 13.2 Å². The number of hydrogen-bond donors (Lipinski definition) is 1. The Hall–Kier alpha value is -1.56. The van der Waals surface area contributed by atoms with Crippen LogP contribution in [0.2, 0.25) is 0 Å². The fourth-order valence-electron chi connectivity index (χ4n) is 1.53. The smallest absolute Gasteiger partial charge is 0.182 e. The van der Waals surface area contributed by atoms with Gasteiger partial charge in [0, 0.05) is 18.3 Å². The number of hydrogen-bond acceptors (Lipinski definition) is 3. The van der Waals surface area contributed by atoms with Crippen molar-refractivity contribution in [3.8, 4) is 11.4 Å². The minimum Gasteiger partial charge on any atom is -0.497 e. The minimum absolute atomic E-state index is 0.0592. The number of methoxy groups -OCH3 is 1. The molecule has 0 unspecified atom stereocenters. The first-order valence-electron chi connectivity index (χ1n) is 4.88. The van der Waals surface area contributed by atoms with Gasteiger partial charge in [-0.25, -0.2) is 9.37 Å². The number of nitrogens with two attached hydrogens (primary N) is 1. The Kier molecular flexibility index (Phi) is 3.06. The Morgan fingerprint density at radius 1 is 1.47 bits per heavy atom. The molecule has 17 heavy (non-hydrogen) atoms. The van der Waals surface area contributed by atoms with Gasteiger partial charge in [-0.05, 0) is 22.9 Å².